The number of anilines is 1. The molecule has 38 heavy (non-hydrogen) atoms. The highest BCUT2D eigenvalue weighted by molar-refractivity contribution is 5.95. The van der Waals surface area contributed by atoms with Gasteiger partial charge in [-0.05, 0) is 30.7 Å². The summed E-state index contributed by atoms with van der Waals surface area (Å²) in [6.45, 7) is 6.84. The Labute approximate surface area is 223 Å². The van der Waals surface area contributed by atoms with Gasteiger partial charge in [0.05, 0.1) is 31.5 Å². The molecule has 4 aromatic rings. The van der Waals surface area contributed by atoms with Crippen LogP contribution in [0.1, 0.15) is 48.8 Å². The molecule has 1 amide bonds. The third kappa shape index (κ3) is 5.01. The van der Waals surface area contributed by atoms with E-state index in [1.807, 2.05) is 46.1 Å². The van der Waals surface area contributed by atoms with Crippen LogP contribution < -0.4 is 14.4 Å². The van der Waals surface area contributed by atoms with E-state index in [-0.39, 0.29) is 11.8 Å². The molecule has 0 spiro atoms. The highest BCUT2D eigenvalue weighted by atomic mass is 16.5. The number of rotatable bonds is 8. The topological polar surface area (TPSA) is 85.6 Å². The lowest BCUT2D eigenvalue weighted by molar-refractivity contribution is 0.0746. The number of nitrogens with zero attached hydrogens (tertiary/aromatic N) is 6. The van der Waals surface area contributed by atoms with Gasteiger partial charge in [0.2, 0.25) is 0 Å². The Balaban J connectivity index is 1.43. The Bertz CT molecular complexity index is 1390. The number of methoxy groups -OCH3 is 2. The van der Waals surface area contributed by atoms with Crippen molar-refractivity contribution in [2.45, 2.75) is 32.6 Å². The van der Waals surface area contributed by atoms with Gasteiger partial charge in [-0.3, -0.25) is 4.79 Å². The van der Waals surface area contributed by atoms with E-state index in [1.165, 1.54) is 0 Å². The van der Waals surface area contributed by atoms with Crippen molar-refractivity contribution in [3.63, 3.8) is 0 Å². The summed E-state index contributed by atoms with van der Waals surface area (Å²) in [5, 5.41) is 5.60. The fraction of sp³-hybridized carbons (Fsp3) is 0.379. The lowest BCUT2D eigenvalue weighted by Gasteiger charge is -2.36. The van der Waals surface area contributed by atoms with Gasteiger partial charge in [-0.1, -0.05) is 38.5 Å². The number of aromatic nitrogens is 4. The molecule has 2 aromatic heterocycles. The van der Waals surface area contributed by atoms with Crippen LogP contribution in [0.2, 0.25) is 0 Å². The second kappa shape index (κ2) is 11.1. The molecule has 0 bridgehead atoms. The van der Waals surface area contributed by atoms with Gasteiger partial charge in [-0.25, -0.2) is 14.6 Å². The Morgan fingerprint density at radius 3 is 2.29 bits per heavy atom. The van der Waals surface area contributed by atoms with Gasteiger partial charge in [0.1, 0.15) is 23.1 Å². The predicted molar refractivity (Wildman–Crippen MR) is 148 cm³/mol. The maximum atomic E-state index is 13.3. The summed E-state index contributed by atoms with van der Waals surface area (Å²) < 4.78 is 12.6. The highest BCUT2D eigenvalue weighted by Gasteiger charge is 2.27. The summed E-state index contributed by atoms with van der Waals surface area (Å²) in [7, 11) is 3.17. The first kappa shape index (κ1) is 25.5. The molecule has 3 heterocycles. The van der Waals surface area contributed by atoms with Crippen LogP contribution in [-0.2, 0) is 0 Å². The van der Waals surface area contributed by atoms with Gasteiger partial charge < -0.3 is 19.3 Å². The number of hydrogen-bond donors (Lipinski definition) is 0. The first-order valence-electron chi connectivity index (χ1n) is 13.1. The van der Waals surface area contributed by atoms with Gasteiger partial charge in [-0.15, -0.1) is 0 Å². The third-order valence-corrected chi connectivity index (χ3v) is 7.05. The molecule has 9 nitrogen and oxygen atoms in total. The minimum atomic E-state index is -0.0381. The van der Waals surface area contributed by atoms with Gasteiger partial charge in [0.15, 0.2) is 5.65 Å². The molecule has 0 N–H and O–H groups in total. The van der Waals surface area contributed by atoms with Gasteiger partial charge in [-0.2, -0.15) is 5.10 Å². The van der Waals surface area contributed by atoms with Crippen molar-refractivity contribution < 1.29 is 14.3 Å². The fourth-order valence-electron chi connectivity index (χ4n) is 4.93. The van der Waals surface area contributed by atoms with Crippen molar-refractivity contribution >= 4 is 22.8 Å². The van der Waals surface area contributed by atoms with Crippen molar-refractivity contribution in [3.05, 3.63) is 66.1 Å². The Morgan fingerprint density at radius 1 is 0.974 bits per heavy atom. The standard InChI is InChI=1S/C29H34N6O3/c1-5-9-20(2)26-31-27(25-19-30-35(28(25)32-26)22-10-7-6-8-11-22)33-12-14-34(15-13-33)29(36)21-16-23(37-3)18-24(17-21)38-4/h6-8,10-11,16-20H,5,9,12-15H2,1-4H3/t20-/m0/s1. The Hall–Kier alpha value is -4.14. The number of amides is 1. The molecular weight excluding hydrogens is 480 g/mol. The molecule has 1 fully saturated rings. The normalized spacial score (nSPS) is 14.5. The van der Waals surface area contributed by atoms with Crippen LogP contribution in [0.25, 0.3) is 16.7 Å². The lowest BCUT2D eigenvalue weighted by Crippen LogP contribution is -2.49. The van der Waals surface area contributed by atoms with Crippen LogP contribution in [0.5, 0.6) is 11.5 Å². The molecule has 9 heteroatoms. The zero-order valence-corrected chi connectivity index (χ0v) is 22.4. The van der Waals surface area contributed by atoms with E-state index in [4.69, 9.17) is 19.4 Å². The maximum absolute atomic E-state index is 13.3. The minimum Gasteiger partial charge on any atom is -0.497 e. The van der Waals surface area contributed by atoms with Crippen LogP contribution in [-0.4, -0.2) is 71.0 Å². The van der Waals surface area contributed by atoms with E-state index in [0.29, 0.717) is 43.2 Å². The monoisotopic (exact) mass is 514 g/mol. The number of ether oxygens (including phenoxy) is 2. The minimum absolute atomic E-state index is 0.0381. The molecule has 1 aliphatic heterocycles. The number of hydrogen-bond acceptors (Lipinski definition) is 7. The second-order valence-electron chi connectivity index (χ2n) is 9.60. The number of carbonyl (C=O) groups excluding carboxylic acids is 1. The molecule has 0 radical (unpaired) electrons. The van der Waals surface area contributed by atoms with E-state index in [0.717, 1.165) is 41.2 Å². The van der Waals surface area contributed by atoms with Crippen LogP contribution in [0.4, 0.5) is 5.82 Å². The molecule has 5 rings (SSSR count). The van der Waals surface area contributed by atoms with Crippen molar-refractivity contribution in [2.24, 2.45) is 0 Å². The van der Waals surface area contributed by atoms with E-state index < -0.39 is 0 Å². The van der Waals surface area contributed by atoms with E-state index in [1.54, 1.807) is 32.4 Å². The largest absolute Gasteiger partial charge is 0.497 e. The summed E-state index contributed by atoms with van der Waals surface area (Å²) in [6.07, 6.45) is 3.92. The van der Waals surface area contributed by atoms with Gasteiger partial charge in [0.25, 0.3) is 5.91 Å². The zero-order valence-electron chi connectivity index (χ0n) is 22.4. The third-order valence-electron chi connectivity index (χ3n) is 7.05. The molecule has 0 unspecified atom stereocenters. The fourth-order valence-corrected chi connectivity index (χ4v) is 4.93. The van der Waals surface area contributed by atoms with Gasteiger partial charge >= 0.3 is 0 Å². The molecular formula is C29H34N6O3. The Morgan fingerprint density at radius 2 is 1.66 bits per heavy atom. The molecule has 1 atom stereocenters. The first-order valence-corrected chi connectivity index (χ1v) is 13.1. The van der Waals surface area contributed by atoms with Crippen LogP contribution in [0.15, 0.2) is 54.7 Å². The zero-order chi connectivity index (χ0) is 26.6. The van der Waals surface area contributed by atoms with Crippen molar-refractivity contribution in [1.82, 2.24) is 24.6 Å². The number of benzene rings is 2. The SMILES string of the molecule is CCC[C@H](C)c1nc(N2CCN(C(=O)c3cc(OC)cc(OC)c3)CC2)c2cnn(-c3ccccc3)c2n1. The predicted octanol–water partition coefficient (Wildman–Crippen LogP) is 4.70. The van der Waals surface area contributed by atoms with Crippen molar-refractivity contribution in [2.75, 3.05) is 45.3 Å². The number of para-hydroxylation sites is 1. The first-order chi connectivity index (χ1) is 18.5. The van der Waals surface area contributed by atoms with E-state index >= 15 is 0 Å². The molecule has 0 aliphatic carbocycles. The summed E-state index contributed by atoms with van der Waals surface area (Å²) in [6, 6.07) is 15.3. The van der Waals surface area contributed by atoms with Crippen LogP contribution in [0.3, 0.4) is 0 Å². The molecule has 1 saturated heterocycles. The van der Waals surface area contributed by atoms with Crippen LogP contribution in [0, 0.1) is 0 Å². The van der Waals surface area contributed by atoms with E-state index in [2.05, 4.69) is 23.8 Å². The molecule has 2 aromatic carbocycles. The molecule has 0 saturated carbocycles. The average molecular weight is 515 g/mol. The summed E-state index contributed by atoms with van der Waals surface area (Å²) >= 11 is 0. The Kier molecular flexibility index (Phi) is 7.44. The number of carbonyl (C=O) groups is 1. The summed E-state index contributed by atoms with van der Waals surface area (Å²) in [5.41, 5.74) is 2.32. The number of fused-ring (bicyclic) bond motifs is 1. The van der Waals surface area contributed by atoms with E-state index in [9.17, 15) is 4.79 Å². The average Bonchev–Trinajstić information content (AvgIpc) is 3.41. The van der Waals surface area contributed by atoms with Gasteiger partial charge in [0, 0.05) is 43.7 Å². The molecule has 198 valence electrons. The van der Waals surface area contributed by atoms with Crippen LogP contribution >= 0.6 is 0 Å². The molecule has 1 aliphatic rings. The number of piperazine rings is 1. The van der Waals surface area contributed by atoms with Crippen molar-refractivity contribution in [3.8, 4) is 17.2 Å². The quantitative estimate of drug-likeness (QED) is 0.337. The van der Waals surface area contributed by atoms with Crippen molar-refractivity contribution in [1.29, 1.82) is 0 Å². The second-order valence-corrected chi connectivity index (χ2v) is 9.60. The summed E-state index contributed by atoms with van der Waals surface area (Å²) in [5.74, 6) is 3.09. The lowest BCUT2D eigenvalue weighted by atomic mass is 10.1. The highest BCUT2D eigenvalue weighted by Crippen LogP contribution is 2.30. The summed E-state index contributed by atoms with van der Waals surface area (Å²) in [4.78, 5) is 27.5. The maximum Gasteiger partial charge on any atom is 0.254 e. The smallest absolute Gasteiger partial charge is 0.254 e.